The second kappa shape index (κ2) is 9.92. The van der Waals surface area contributed by atoms with Gasteiger partial charge in [-0.15, -0.1) is 0 Å². The Bertz CT molecular complexity index is 1060. The molecule has 0 heterocycles. The third kappa shape index (κ3) is 5.71. The van der Waals surface area contributed by atoms with Crippen LogP contribution in [-0.2, 0) is 12.9 Å². The third-order valence-corrected chi connectivity index (χ3v) is 4.10. The van der Waals surface area contributed by atoms with Crippen LogP contribution in [0, 0.1) is 36.0 Å². The van der Waals surface area contributed by atoms with E-state index in [1.54, 1.807) is 13.0 Å². The predicted molar refractivity (Wildman–Crippen MR) is 94.4 cm³/mol. The van der Waals surface area contributed by atoms with Crippen molar-refractivity contribution in [1.29, 1.82) is 0 Å². The highest BCUT2D eigenvalue weighted by atomic mass is 19.4. The van der Waals surface area contributed by atoms with Crippen LogP contribution in [0.4, 0.5) is 44.0 Å². The molecule has 0 spiro atoms. The molecule has 0 atom stereocenters. The lowest BCUT2D eigenvalue weighted by atomic mass is 10.0. The van der Waals surface area contributed by atoms with Crippen molar-refractivity contribution in [2.45, 2.75) is 19.8 Å². The first-order chi connectivity index (χ1) is 14.9. The minimum atomic E-state index is -5.16. The molecule has 0 aliphatic heterocycles. The fourth-order valence-corrected chi connectivity index (χ4v) is 2.61. The first-order valence-corrected chi connectivity index (χ1v) is 8.54. The summed E-state index contributed by atoms with van der Waals surface area (Å²) in [5.41, 5.74) is -1.86. The number of rotatable bonds is 3. The van der Waals surface area contributed by atoms with Crippen LogP contribution in [0.5, 0.6) is 5.75 Å². The number of halogens is 10. The SMILES string of the molecule is Cc1ccc(-c2cc(F)c(CF)c(F)c2)c(F)c1.FOc1cc(F)c(C(F)(F)F)c(F)c1. The Balaban J connectivity index is 0.000000235. The molecule has 1 nitrogen and oxygen atoms in total. The van der Waals surface area contributed by atoms with Gasteiger partial charge in [0.05, 0.1) is 5.56 Å². The van der Waals surface area contributed by atoms with Gasteiger partial charge in [0.25, 0.3) is 0 Å². The van der Waals surface area contributed by atoms with Crippen molar-refractivity contribution in [3.8, 4) is 16.9 Å². The van der Waals surface area contributed by atoms with Crippen LogP contribution in [0.1, 0.15) is 16.7 Å². The van der Waals surface area contributed by atoms with Crippen LogP contribution < -0.4 is 4.94 Å². The zero-order valence-corrected chi connectivity index (χ0v) is 15.9. The van der Waals surface area contributed by atoms with E-state index >= 15 is 0 Å². The molecule has 0 aromatic heterocycles. The smallest absolute Gasteiger partial charge is 0.294 e. The van der Waals surface area contributed by atoms with Gasteiger partial charge in [-0.1, -0.05) is 12.1 Å². The molecule has 0 saturated heterocycles. The minimum absolute atomic E-state index is 0.0553. The number of hydrogen-bond acceptors (Lipinski definition) is 1. The number of hydrogen-bond donors (Lipinski definition) is 0. The van der Waals surface area contributed by atoms with Crippen molar-refractivity contribution < 1.29 is 49.0 Å². The summed E-state index contributed by atoms with van der Waals surface area (Å²) >= 11 is 0. The first-order valence-electron chi connectivity index (χ1n) is 8.54. The second-order valence-electron chi connectivity index (χ2n) is 6.37. The lowest BCUT2D eigenvalue weighted by Crippen LogP contribution is -2.11. The average molecular weight is 470 g/mol. The standard InChI is InChI=1S/C14H10F4.C7H2F6O/c1-8-2-3-10(12(16)4-8)9-5-13(17)11(7-15)14(18)6-9;8-4-1-3(14-13)2-5(9)6(4)7(10,11)12/h2-6H,7H2,1H3;1-2H. The fourth-order valence-electron chi connectivity index (χ4n) is 2.61. The molecule has 0 amide bonds. The first kappa shape index (κ1) is 25.0. The highest BCUT2D eigenvalue weighted by Crippen LogP contribution is 2.35. The van der Waals surface area contributed by atoms with Crippen LogP contribution in [0.25, 0.3) is 11.1 Å². The number of benzene rings is 3. The Morgan fingerprint density at radius 1 is 0.750 bits per heavy atom. The molecule has 3 aromatic rings. The molecule has 11 heteroatoms. The molecule has 0 radical (unpaired) electrons. The van der Waals surface area contributed by atoms with Gasteiger partial charge in [0.2, 0.25) is 0 Å². The number of aryl methyl sites for hydroxylation is 1. The van der Waals surface area contributed by atoms with Crippen LogP contribution in [0.2, 0.25) is 0 Å². The third-order valence-electron chi connectivity index (χ3n) is 4.10. The molecule has 3 rings (SSSR count). The molecular formula is C21H12F10O. The summed E-state index contributed by atoms with van der Waals surface area (Å²) in [6.07, 6.45) is -5.16. The summed E-state index contributed by atoms with van der Waals surface area (Å²) < 4.78 is 125. The normalized spacial score (nSPS) is 11.1. The summed E-state index contributed by atoms with van der Waals surface area (Å²) in [6.45, 7) is 0.481. The minimum Gasteiger partial charge on any atom is -0.294 e. The van der Waals surface area contributed by atoms with Crippen molar-refractivity contribution in [2.24, 2.45) is 0 Å². The molecular weight excluding hydrogens is 458 g/mol. The summed E-state index contributed by atoms with van der Waals surface area (Å²) in [7, 11) is 0. The quantitative estimate of drug-likeness (QED) is 0.355. The maximum absolute atomic E-state index is 13.7. The van der Waals surface area contributed by atoms with Crippen LogP contribution in [0.3, 0.4) is 0 Å². The fraction of sp³-hybridized carbons (Fsp3) is 0.143. The largest absolute Gasteiger partial charge is 0.422 e. The van der Waals surface area contributed by atoms with E-state index in [4.69, 9.17) is 0 Å². The van der Waals surface area contributed by atoms with Crippen molar-refractivity contribution in [3.63, 3.8) is 0 Å². The molecule has 0 aliphatic carbocycles. The van der Waals surface area contributed by atoms with Crippen molar-refractivity contribution >= 4 is 0 Å². The predicted octanol–water partition coefficient (Wildman–Crippen LogP) is 7.80. The molecule has 32 heavy (non-hydrogen) atoms. The maximum atomic E-state index is 13.7. The Kier molecular flexibility index (Phi) is 7.76. The summed E-state index contributed by atoms with van der Waals surface area (Å²) in [5.74, 6) is -7.40. The monoisotopic (exact) mass is 470 g/mol. The maximum Gasteiger partial charge on any atom is 0.422 e. The summed E-state index contributed by atoms with van der Waals surface area (Å²) in [4.78, 5) is 2.90. The van der Waals surface area contributed by atoms with Gasteiger partial charge < -0.3 is 0 Å². The molecule has 0 N–H and O–H groups in total. The Labute approximate surface area is 174 Å². The molecule has 0 unspecified atom stereocenters. The van der Waals surface area contributed by atoms with Gasteiger partial charge in [-0.3, -0.25) is 4.94 Å². The van der Waals surface area contributed by atoms with E-state index in [-0.39, 0.29) is 23.3 Å². The Morgan fingerprint density at radius 2 is 1.28 bits per heavy atom. The van der Waals surface area contributed by atoms with Crippen molar-refractivity contribution in [1.82, 2.24) is 0 Å². The highest BCUT2D eigenvalue weighted by molar-refractivity contribution is 5.65. The molecule has 0 saturated carbocycles. The zero-order chi connectivity index (χ0) is 24.2. The second-order valence-corrected chi connectivity index (χ2v) is 6.37. The molecule has 172 valence electrons. The van der Waals surface area contributed by atoms with Crippen LogP contribution in [0.15, 0.2) is 42.5 Å². The van der Waals surface area contributed by atoms with Crippen molar-refractivity contribution in [3.05, 3.63) is 88.2 Å². The van der Waals surface area contributed by atoms with Gasteiger partial charge in [0.15, 0.2) is 5.75 Å². The lowest BCUT2D eigenvalue weighted by Gasteiger charge is -2.09. The van der Waals surface area contributed by atoms with Crippen LogP contribution in [-0.4, -0.2) is 0 Å². The van der Waals surface area contributed by atoms with E-state index < -0.39 is 58.8 Å². The van der Waals surface area contributed by atoms with E-state index in [9.17, 15) is 44.0 Å². The van der Waals surface area contributed by atoms with E-state index in [1.807, 2.05) is 0 Å². The van der Waals surface area contributed by atoms with Gasteiger partial charge >= 0.3 is 6.18 Å². The zero-order valence-electron chi connectivity index (χ0n) is 15.9. The summed E-state index contributed by atoms with van der Waals surface area (Å²) in [5, 5.41) is 0. The lowest BCUT2D eigenvalue weighted by molar-refractivity contribution is -0.142. The van der Waals surface area contributed by atoms with E-state index in [0.717, 1.165) is 12.1 Å². The molecule has 0 aliphatic rings. The van der Waals surface area contributed by atoms with E-state index in [1.165, 1.54) is 12.1 Å². The highest BCUT2D eigenvalue weighted by Gasteiger charge is 2.38. The molecule has 0 bridgehead atoms. The molecule has 0 fully saturated rings. The summed E-state index contributed by atoms with van der Waals surface area (Å²) in [6, 6.07) is 6.43. The van der Waals surface area contributed by atoms with Gasteiger partial charge in [-0.25, -0.2) is 26.3 Å². The Hall–Kier alpha value is -3.24. The van der Waals surface area contributed by atoms with Gasteiger partial charge in [0.1, 0.15) is 41.3 Å². The van der Waals surface area contributed by atoms with Gasteiger partial charge in [0, 0.05) is 22.2 Å². The topological polar surface area (TPSA) is 9.23 Å². The van der Waals surface area contributed by atoms with E-state index in [2.05, 4.69) is 4.94 Å². The Morgan fingerprint density at radius 3 is 1.69 bits per heavy atom. The van der Waals surface area contributed by atoms with Gasteiger partial charge in [-0.05, 0) is 36.2 Å². The van der Waals surface area contributed by atoms with Crippen LogP contribution >= 0.6 is 0 Å². The van der Waals surface area contributed by atoms with Gasteiger partial charge in [-0.2, -0.15) is 13.2 Å². The number of alkyl halides is 4. The van der Waals surface area contributed by atoms with E-state index in [0.29, 0.717) is 5.56 Å². The average Bonchev–Trinajstić information content (AvgIpc) is 2.66. The molecule has 3 aromatic carbocycles. The van der Waals surface area contributed by atoms with Crippen molar-refractivity contribution in [2.75, 3.05) is 0 Å².